The van der Waals surface area contributed by atoms with Crippen molar-refractivity contribution in [3.05, 3.63) is 139 Å². The number of rotatable bonds is 4. The summed E-state index contributed by atoms with van der Waals surface area (Å²) in [6.45, 7) is 0. The predicted molar refractivity (Wildman–Crippen MR) is 182 cm³/mol. The van der Waals surface area contributed by atoms with E-state index in [2.05, 4.69) is 127 Å². The van der Waals surface area contributed by atoms with Crippen LogP contribution in [-0.4, -0.2) is 6.21 Å². The first-order valence-electron chi connectivity index (χ1n) is 14.6. The number of hydrogen-bond acceptors (Lipinski definition) is 2. The highest BCUT2D eigenvalue weighted by Crippen LogP contribution is 2.51. The SMILES string of the molecule is N=C/C(=C\N)c1cc(-c2ccc3c4c(cccc24)-c2ccccc2-3)cc(-c2ccc3c4c(cccc24)-c2ccccc2-3)c1. The summed E-state index contributed by atoms with van der Waals surface area (Å²) in [5.74, 6) is 0. The maximum atomic E-state index is 8.11. The highest BCUT2D eigenvalue weighted by molar-refractivity contribution is 6.20. The van der Waals surface area contributed by atoms with E-state index < -0.39 is 0 Å². The molecule has 2 nitrogen and oxygen atoms in total. The van der Waals surface area contributed by atoms with Crippen molar-refractivity contribution in [3.63, 3.8) is 0 Å². The van der Waals surface area contributed by atoms with Crippen LogP contribution in [0.25, 0.3) is 93.9 Å². The first kappa shape index (κ1) is 23.9. The lowest BCUT2D eigenvalue weighted by atomic mass is 9.88. The fourth-order valence-corrected chi connectivity index (χ4v) is 7.45. The van der Waals surface area contributed by atoms with E-state index in [4.69, 9.17) is 11.1 Å². The largest absolute Gasteiger partial charge is 0.404 e. The van der Waals surface area contributed by atoms with Crippen molar-refractivity contribution in [1.82, 2.24) is 0 Å². The van der Waals surface area contributed by atoms with Crippen LogP contribution in [0.2, 0.25) is 0 Å². The molecule has 0 aromatic heterocycles. The minimum Gasteiger partial charge on any atom is -0.404 e. The summed E-state index contributed by atoms with van der Waals surface area (Å²) < 4.78 is 0. The van der Waals surface area contributed by atoms with Crippen molar-refractivity contribution in [2.45, 2.75) is 0 Å². The van der Waals surface area contributed by atoms with Gasteiger partial charge in [-0.25, -0.2) is 0 Å². The van der Waals surface area contributed by atoms with Gasteiger partial charge < -0.3 is 11.1 Å². The van der Waals surface area contributed by atoms with E-state index in [0.29, 0.717) is 5.57 Å². The zero-order valence-electron chi connectivity index (χ0n) is 23.4. The highest BCUT2D eigenvalue weighted by atomic mass is 14.5. The van der Waals surface area contributed by atoms with Gasteiger partial charge in [-0.1, -0.05) is 109 Å². The molecule has 7 aromatic carbocycles. The third-order valence-corrected chi connectivity index (χ3v) is 9.32. The number of benzene rings is 7. The van der Waals surface area contributed by atoms with Gasteiger partial charge in [-0.05, 0) is 112 Å². The molecular weight excluding hydrogens is 520 g/mol. The van der Waals surface area contributed by atoms with Crippen molar-refractivity contribution in [1.29, 1.82) is 5.41 Å². The molecule has 2 aliphatic carbocycles. The Labute approximate surface area is 249 Å². The van der Waals surface area contributed by atoms with Gasteiger partial charge in [-0.15, -0.1) is 0 Å². The molecule has 0 bridgehead atoms. The molecule has 2 aliphatic rings. The third kappa shape index (κ3) is 3.26. The van der Waals surface area contributed by atoms with Crippen molar-refractivity contribution in [3.8, 4) is 66.8 Å². The number of nitrogens with two attached hydrogens (primary N) is 1. The smallest absolute Gasteiger partial charge is 0.0270 e. The Morgan fingerprint density at radius 2 is 0.837 bits per heavy atom. The maximum Gasteiger partial charge on any atom is 0.0270 e. The lowest BCUT2D eigenvalue weighted by Gasteiger charge is -2.16. The third-order valence-electron chi connectivity index (χ3n) is 9.32. The van der Waals surface area contributed by atoms with Crippen LogP contribution in [0.3, 0.4) is 0 Å². The average Bonchev–Trinajstić information content (AvgIpc) is 3.57. The molecule has 0 atom stereocenters. The van der Waals surface area contributed by atoms with Gasteiger partial charge in [0, 0.05) is 18.0 Å². The molecule has 0 fully saturated rings. The quantitative estimate of drug-likeness (QED) is 0.212. The van der Waals surface area contributed by atoms with Crippen LogP contribution in [-0.2, 0) is 0 Å². The Morgan fingerprint density at radius 1 is 0.442 bits per heavy atom. The van der Waals surface area contributed by atoms with Crippen LogP contribution in [0.1, 0.15) is 5.56 Å². The molecular formula is C41H26N2. The van der Waals surface area contributed by atoms with E-state index in [0.717, 1.165) is 16.7 Å². The monoisotopic (exact) mass is 546 g/mol. The average molecular weight is 547 g/mol. The molecule has 0 unspecified atom stereocenters. The zero-order chi connectivity index (χ0) is 28.7. The second-order valence-electron chi connectivity index (χ2n) is 11.4. The van der Waals surface area contributed by atoms with Gasteiger partial charge in [-0.3, -0.25) is 0 Å². The van der Waals surface area contributed by atoms with Crippen LogP contribution in [0.15, 0.2) is 134 Å². The lowest BCUT2D eigenvalue weighted by molar-refractivity contribution is 1.53. The van der Waals surface area contributed by atoms with E-state index in [-0.39, 0.29) is 0 Å². The minimum absolute atomic E-state index is 0.694. The Kier molecular flexibility index (Phi) is 4.94. The summed E-state index contributed by atoms with van der Waals surface area (Å²) in [4.78, 5) is 0. The summed E-state index contributed by atoms with van der Waals surface area (Å²) >= 11 is 0. The van der Waals surface area contributed by atoms with Gasteiger partial charge >= 0.3 is 0 Å². The molecule has 200 valence electrons. The molecule has 9 rings (SSSR count). The highest BCUT2D eigenvalue weighted by Gasteiger charge is 2.24. The maximum absolute atomic E-state index is 8.11. The number of nitrogens with one attached hydrogen (secondary N) is 1. The van der Waals surface area contributed by atoms with Gasteiger partial charge in [0.1, 0.15) is 0 Å². The fourth-order valence-electron chi connectivity index (χ4n) is 7.45. The Bertz CT molecular complexity index is 2160. The number of hydrogen-bond donors (Lipinski definition) is 2. The molecule has 0 saturated heterocycles. The van der Waals surface area contributed by atoms with Crippen molar-refractivity contribution in [2.75, 3.05) is 0 Å². The van der Waals surface area contributed by atoms with Gasteiger partial charge in [0.25, 0.3) is 0 Å². The first-order chi connectivity index (χ1) is 21.2. The lowest BCUT2D eigenvalue weighted by Crippen LogP contribution is -1.94. The van der Waals surface area contributed by atoms with Crippen LogP contribution in [0, 0.1) is 5.41 Å². The standard InChI is InChI=1S/C41H26N2/c42-22-27(23-43)24-19-25(28-15-17-38-32-9-3-1-7-30(32)36-13-5-11-34(28)40(36)38)21-26(20-24)29-16-18-39-33-10-4-2-8-31(33)37-14-6-12-35(29)41(37)39/h1-23,42H,43H2/b27-23+,42-22?. The van der Waals surface area contributed by atoms with E-state index >= 15 is 0 Å². The molecule has 0 spiro atoms. The second-order valence-corrected chi connectivity index (χ2v) is 11.4. The molecule has 0 radical (unpaired) electrons. The topological polar surface area (TPSA) is 49.9 Å². The number of fused-ring (bicyclic) bond motifs is 6. The normalized spacial score (nSPS) is 12.5. The summed E-state index contributed by atoms with van der Waals surface area (Å²) in [7, 11) is 0. The van der Waals surface area contributed by atoms with Gasteiger partial charge in [0.05, 0.1) is 0 Å². The van der Waals surface area contributed by atoms with E-state index in [1.54, 1.807) is 0 Å². The van der Waals surface area contributed by atoms with Crippen molar-refractivity contribution < 1.29 is 0 Å². The van der Waals surface area contributed by atoms with Gasteiger partial charge in [0.2, 0.25) is 0 Å². The van der Waals surface area contributed by atoms with E-state index in [9.17, 15) is 0 Å². The molecule has 0 amide bonds. The summed E-state index contributed by atoms with van der Waals surface area (Å²) in [6, 6.07) is 46.4. The molecule has 43 heavy (non-hydrogen) atoms. The Balaban J connectivity index is 1.31. The Morgan fingerprint density at radius 3 is 1.26 bits per heavy atom. The predicted octanol–water partition coefficient (Wildman–Crippen LogP) is 10.6. The van der Waals surface area contributed by atoms with Gasteiger partial charge in [0.15, 0.2) is 0 Å². The fraction of sp³-hybridized carbons (Fsp3) is 0. The van der Waals surface area contributed by atoms with Crippen LogP contribution in [0.4, 0.5) is 0 Å². The van der Waals surface area contributed by atoms with Crippen molar-refractivity contribution in [2.24, 2.45) is 5.73 Å². The van der Waals surface area contributed by atoms with Crippen LogP contribution >= 0.6 is 0 Å². The number of allylic oxidation sites excluding steroid dienone is 1. The van der Waals surface area contributed by atoms with E-state index in [1.165, 1.54) is 89.6 Å². The Hall–Kier alpha value is -5.73. The molecule has 0 aliphatic heterocycles. The summed E-state index contributed by atoms with van der Waals surface area (Å²) in [5, 5.41) is 13.2. The molecule has 0 heterocycles. The minimum atomic E-state index is 0.694. The molecule has 3 N–H and O–H groups in total. The molecule has 2 heteroatoms. The van der Waals surface area contributed by atoms with Crippen molar-refractivity contribution >= 4 is 33.3 Å². The second kappa shape index (κ2) is 8.88. The summed E-state index contributed by atoms with van der Waals surface area (Å²) in [5.41, 5.74) is 22.6. The van der Waals surface area contributed by atoms with Gasteiger partial charge in [-0.2, -0.15) is 0 Å². The summed E-state index contributed by atoms with van der Waals surface area (Å²) in [6.07, 6.45) is 2.88. The van der Waals surface area contributed by atoms with E-state index in [1.807, 2.05) is 0 Å². The van der Waals surface area contributed by atoms with Crippen LogP contribution < -0.4 is 5.73 Å². The first-order valence-corrected chi connectivity index (χ1v) is 14.6. The zero-order valence-corrected chi connectivity index (χ0v) is 23.4. The van der Waals surface area contributed by atoms with Crippen LogP contribution in [0.5, 0.6) is 0 Å². The molecule has 0 saturated carbocycles. The molecule has 7 aromatic rings.